The number of carbonyl (C=O) groups is 1. The maximum absolute atomic E-state index is 13.5. The lowest BCUT2D eigenvalue weighted by molar-refractivity contribution is -0.122. The number of nitrogens with one attached hydrogen (secondary N) is 1. The van der Waals surface area contributed by atoms with Crippen molar-refractivity contribution in [1.29, 1.82) is 0 Å². The van der Waals surface area contributed by atoms with E-state index in [-0.39, 0.29) is 5.69 Å². The predicted octanol–water partition coefficient (Wildman–Crippen LogP) is 3.99. The Kier molecular flexibility index (Phi) is 4.75. The molecule has 22 heavy (non-hydrogen) atoms. The molecule has 1 amide bonds. The van der Waals surface area contributed by atoms with Crippen LogP contribution in [0.15, 0.2) is 36.4 Å². The molecule has 0 saturated heterocycles. The molecule has 0 aliphatic carbocycles. The highest BCUT2D eigenvalue weighted by molar-refractivity contribution is 5.94. The van der Waals surface area contributed by atoms with E-state index in [4.69, 9.17) is 4.74 Å². The van der Waals surface area contributed by atoms with Crippen LogP contribution in [0.4, 0.5) is 14.5 Å². The third kappa shape index (κ3) is 4.04. The van der Waals surface area contributed by atoms with Gasteiger partial charge < -0.3 is 10.1 Å². The van der Waals surface area contributed by atoms with Crippen molar-refractivity contribution in [3.05, 3.63) is 59.2 Å². The summed E-state index contributed by atoms with van der Waals surface area (Å²) in [5, 5.41) is 2.38. The molecular formula is C17H17F2NO2. The van der Waals surface area contributed by atoms with Crippen LogP contribution in [0.1, 0.15) is 18.1 Å². The normalized spacial score (nSPS) is 11.9. The molecule has 1 N–H and O–H groups in total. The van der Waals surface area contributed by atoms with Crippen LogP contribution in [0.25, 0.3) is 0 Å². The van der Waals surface area contributed by atoms with E-state index in [1.165, 1.54) is 6.07 Å². The fourth-order valence-electron chi connectivity index (χ4n) is 2.08. The number of amides is 1. The highest BCUT2D eigenvalue weighted by Gasteiger charge is 2.17. The number of benzene rings is 2. The molecule has 0 aliphatic rings. The number of carbonyl (C=O) groups excluding carboxylic acids is 1. The summed E-state index contributed by atoms with van der Waals surface area (Å²) in [6.07, 6.45) is -0.814. The largest absolute Gasteiger partial charge is 0.481 e. The zero-order valence-corrected chi connectivity index (χ0v) is 12.6. The number of halogens is 2. The first kappa shape index (κ1) is 15.9. The van der Waals surface area contributed by atoms with E-state index >= 15 is 0 Å². The van der Waals surface area contributed by atoms with Gasteiger partial charge in [0.05, 0.1) is 5.69 Å². The smallest absolute Gasteiger partial charge is 0.265 e. The van der Waals surface area contributed by atoms with E-state index in [0.717, 1.165) is 17.2 Å². The maximum Gasteiger partial charge on any atom is 0.265 e. The van der Waals surface area contributed by atoms with Crippen LogP contribution in [-0.4, -0.2) is 12.0 Å². The third-order valence-electron chi connectivity index (χ3n) is 3.07. The minimum Gasteiger partial charge on any atom is -0.481 e. The SMILES string of the molecule is Cc1cc(C)cc(O[C@H](C)C(=O)Nc2ccc(F)cc2F)c1. The molecular weight excluding hydrogens is 288 g/mol. The van der Waals surface area contributed by atoms with E-state index in [2.05, 4.69) is 5.32 Å². The molecule has 5 heteroatoms. The van der Waals surface area contributed by atoms with Crippen LogP contribution in [0.2, 0.25) is 0 Å². The van der Waals surface area contributed by atoms with Crippen LogP contribution in [-0.2, 0) is 4.79 Å². The molecule has 0 radical (unpaired) electrons. The molecule has 3 nitrogen and oxygen atoms in total. The van der Waals surface area contributed by atoms with Crippen molar-refractivity contribution in [2.24, 2.45) is 0 Å². The molecule has 0 spiro atoms. The van der Waals surface area contributed by atoms with Crippen LogP contribution in [0.3, 0.4) is 0 Å². The summed E-state index contributed by atoms with van der Waals surface area (Å²) in [6, 6.07) is 8.58. The van der Waals surface area contributed by atoms with Gasteiger partial charge in [0.1, 0.15) is 17.4 Å². The van der Waals surface area contributed by atoms with Crippen LogP contribution in [0, 0.1) is 25.5 Å². The fourth-order valence-corrected chi connectivity index (χ4v) is 2.08. The predicted molar refractivity (Wildman–Crippen MR) is 81.0 cm³/mol. The van der Waals surface area contributed by atoms with Gasteiger partial charge >= 0.3 is 0 Å². The van der Waals surface area contributed by atoms with Gasteiger partial charge in [-0.15, -0.1) is 0 Å². The Hall–Kier alpha value is -2.43. The molecule has 0 unspecified atom stereocenters. The van der Waals surface area contributed by atoms with Gasteiger partial charge in [-0.1, -0.05) is 6.07 Å². The Balaban J connectivity index is 2.05. The Bertz CT molecular complexity index is 681. The van der Waals surface area contributed by atoms with Crippen molar-refractivity contribution in [2.75, 3.05) is 5.32 Å². The van der Waals surface area contributed by atoms with Gasteiger partial charge in [0.15, 0.2) is 6.10 Å². The van der Waals surface area contributed by atoms with Crippen molar-refractivity contribution in [3.8, 4) is 5.75 Å². The van der Waals surface area contributed by atoms with E-state index in [9.17, 15) is 13.6 Å². The average Bonchev–Trinajstić information content (AvgIpc) is 2.40. The van der Waals surface area contributed by atoms with E-state index < -0.39 is 23.6 Å². The lowest BCUT2D eigenvalue weighted by atomic mass is 10.1. The van der Waals surface area contributed by atoms with Gasteiger partial charge in [-0.05, 0) is 56.2 Å². The van der Waals surface area contributed by atoms with Gasteiger partial charge in [-0.3, -0.25) is 4.79 Å². The summed E-state index contributed by atoms with van der Waals surface area (Å²) in [6.45, 7) is 5.42. The molecule has 2 aromatic rings. The number of aryl methyl sites for hydroxylation is 2. The molecule has 0 bridgehead atoms. The summed E-state index contributed by atoms with van der Waals surface area (Å²) >= 11 is 0. The van der Waals surface area contributed by atoms with Crippen LogP contribution in [0.5, 0.6) is 5.75 Å². The number of rotatable bonds is 4. The minimum absolute atomic E-state index is 0.0812. The zero-order valence-electron chi connectivity index (χ0n) is 12.6. The summed E-state index contributed by atoms with van der Waals surface area (Å²) in [7, 11) is 0. The zero-order chi connectivity index (χ0) is 16.3. The molecule has 2 rings (SSSR count). The number of hydrogen-bond donors (Lipinski definition) is 1. The Morgan fingerprint density at radius 2 is 1.73 bits per heavy atom. The summed E-state index contributed by atoms with van der Waals surface area (Å²) in [5.74, 6) is -1.47. The number of anilines is 1. The highest BCUT2D eigenvalue weighted by Crippen LogP contribution is 2.19. The van der Waals surface area contributed by atoms with Gasteiger partial charge in [0, 0.05) is 6.07 Å². The minimum atomic E-state index is -0.827. The van der Waals surface area contributed by atoms with Crippen molar-refractivity contribution >= 4 is 11.6 Å². The third-order valence-corrected chi connectivity index (χ3v) is 3.07. The van der Waals surface area contributed by atoms with E-state index in [1.54, 1.807) is 6.92 Å². The van der Waals surface area contributed by atoms with Crippen molar-refractivity contribution in [3.63, 3.8) is 0 Å². The lowest BCUT2D eigenvalue weighted by Crippen LogP contribution is -2.30. The molecule has 0 aromatic heterocycles. The van der Waals surface area contributed by atoms with E-state index in [1.807, 2.05) is 32.0 Å². The molecule has 0 fully saturated rings. The second-order valence-corrected chi connectivity index (χ2v) is 5.20. The molecule has 0 aliphatic heterocycles. The molecule has 0 saturated carbocycles. The summed E-state index contributed by atoms with van der Waals surface area (Å²) in [4.78, 5) is 12.0. The quantitative estimate of drug-likeness (QED) is 0.927. The average molecular weight is 305 g/mol. The van der Waals surface area contributed by atoms with Crippen molar-refractivity contribution in [1.82, 2.24) is 0 Å². The molecule has 2 aromatic carbocycles. The first-order chi connectivity index (χ1) is 10.3. The van der Waals surface area contributed by atoms with Gasteiger partial charge in [0.25, 0.3) is 5.91 Å². The molecule has 1 atom stereocenters. The fraction of sp³-hybridized carbons (Fsp3) is 0.235. The number of hydrogen-bond acceptors (Lipinski definition) is 2. The van der Waals surface area contributed by atoms with Crippen LogP contribution >= 0.6 is 0 Å². The lowest BCUT2D eigenvalue weighted by Gasteiger charge is -2.16. The number of ether oxygens (including phenoxy) is 1. The maximum atomic E-state index is 13.5. The van der Waals surface area contributed by atoms with Crippen molar-refractivity contribution < 1.29 is 18.3 Å². The summed E-state index contributed by atoms with van der Waals surface area (Å²) < 4.78 is 31.9. The van der Waals surface area contributed by atoms with Gasteiger partial charge in [0.2, 0.25) is 0 Å². The monoisotopic (exact) mass is 305 g/mol. The second-order valence-electron chi connectivity index (χ2n) is 5.20. The Morgan fingerprint density at radius 3 is 2.32 bits per heavy atom. The first-order valence-electron chi connectivity index (χ1n) is 6.86. The van der Waals surface area contributed by atoms with Crippen molar-refractivity contribution in [2.45, 2.75) is 26.9 Å². The molecule has 116 valence electrons. The van der Waals surface area contributed by atoms with Gasteiger partial charge in [-0.2, -0.15) is 0 Å². The second kappa shape index (κ2) is 6.56. The molecule has 0 heterocycles. The van der Waals surface area contributed by atoms with E-state index in [0.29, 0.717) is 11.8 Å². The van der Waals surface area contributed by atoms with Gasteiger partial charge in [-0.25, -0.2) is 8.78 Å². The summed E-state index contributed by atoms with van der Waals surface area (Å²) in [5.41, 5.74) is 1.96. The Labute approximate surface area is 127 Å². The first-order valence-corrected chi connectivity index (χ1v) is 6.86. The topological polar surface area (TPSA) is 38.3 Å². The van der Waals surface area contributed by atoms with Crippen LogP contribution < -0.4 is 10.1 Å². The standard InChI is InChI=1S/C17H17F2NO2/c1-10-6-11(2)8-14(7-10)22-12(3)17(21)20-16-5-4-13(18)9-15(16)19/h4-9,12H,1-3H3,(H,20,21)/t12-/m1/s1. The Morgan fingerprint density at radius 1 is 1.09 bits per heavy atom. The highest BCUT2D eigenvalue weighted by atomic mass is 19.1.